The Balaban J connectivity index is 2.05. The molecule has 2 rings (SSSR count). The van der Waals surface area contributed by atoms with Crippen LogP contribution >= 0.6 is 0 Å². The monoisotopic (exact) mass is 264 g/mol. The van der Waals surface area contributed by atoms with Crippen LogP contribution in [0.15, 0.2) is 11.3 Å². The van der Waals surface area contributed by atoms with Gasteiger partial charge in [0.15, 0.2) is 5.78 Å². The molecule has 1 N–H and O–H groups in total. The minimum atomic E-state index is -0.117. The molecule has 2 aliphatic rings. The van der Waals surface area contributed by atoms with Gasteiger partial charge in [0.05, 0.1) is 0 Å². The van der Waals surface area contributed by atoms with Crippen LogP contribution in [0.25, 0.3) is 0 Å². The molecule has 2 heteroatoms. The average molecular weight is 264 g/mol. The molecule has 2 saturated carbocycles. The number of aliphatic hydroxyl groups is 1. The Labute approximate surface area is 117 Å². The van der Waals surface area contributed by atoms with E-state index < -0.39 is 0 Å². The second-order valence-electron chi connectivity index (χ2n) is 7.69. The van der Waals surface area contributed by atoms with Gasteiger partial charge in [0.1, 0.15) is 5.76 Å². The first-order chi connectivity index (χ1) is 8.75. The van der Waals surface area contributed by atoms with Crippen LogP contribution < -0.4 is 0 Å². The van der Waals surface area contributed by atoms with Gasteiger partial charge < -0.3 is 5.11 Å². The molecule has 0 aliphatic heterocycles. The van der Waals surface area contributed by atoms with Crippen LogP contribution in [0, 0.1) is 16.7 Å². The predicted molar refractivity (Wildman–Crippen MR) is 78.0 cm³/mol. The summed E-state index contributed by atoms with van der Waals surface area (Å²) < 4.78 is 0. The number of Topliss-reactive ketones (excluding diaryl/α,β-unsaturated/α-hetero) is 1. The quantitative estimate of drug-likeness (QED) is 0.587. The lowest BCUT2D eigenvalue weighted by molar-refractivity contribution is -0.121. The van der Waals surface area contributed by atoms with E-state index in [9.17, 15) is 9.90 Å². The van der Waals surface area contributed by atoms with Gasteiger partial charge in [-0.2, -0.15) is 0 Å². The summed E-state index contributed by atoms with van der Waals surface area (Å²) >= 11 is 0. The fraction of sp³-hybridized carbons (Fsp3) is 0.824. The summed E-state index contributed by atoms with van der Waals surface area (Å²) in [6.07, 6.45) is 7.39. The van der Waals surface area contributed by atoms with Crippen molar-refractivity contribution in [2.45, 2.75) is 72.6 Å². The summed E-state index contributed by atoms with van der Waals surface area (Å²) in [5.74, 6) is 0.702. The topological polar surface area (TPSA) is 37.3 Å². The number of allylic oxidation sites excluding steroid dienone is 2. The minimum Gasteiger partial charge on any atom is -0.511 e. The summed E-state index contributed by atoms with van der Waals surface area (Å²) in [5.41, 5.74) is 0.899. The van der Waals surface area contributed by atoms with E-state index in [0.717, 1.165) is 38.5 Å². The van der Waals surface area contributed by atoms with Crippen molar-refractivity contribution in [1.82, 2.24) is 0 Å². The van der Waals surface area contributed by atoms with Crippen molar-refractivity contribution in [3.05, 3.63) is 11.3 Å². The van der Waals surface area contributed by atoms with E-state index >= 15 is 0 Å². The van der Waals surface area contributed by atoms with Crippen LogP contribution in [0.2, 0.25) is 0 Å². The number of rotatable bonds is 3. The van der Waals surface area contributed by atoms with Crippen LogP contribution in [-0.2, 0) is 4.79 Å². The molecule has 0 spiro atoms. The van der Waals surface area contributed by atoms with E-state index in [2.05, 4.69) is 20.8 Å². The van der Waals surface area contributed by atoms with Gasteiger partial charge in [-0.05, 0) is 50.9 Å². The molecule has 0 saturated heterocycles. The zero-order valence-corrected chi connectivity index (χ0v) is 12.9. The van der Waals surface area contributed by atoms with Gasteiger partial charge in [0, 0.05) is 16.9 Å². The number of ketones is 1. The van der Waals surface area contributed by atoms with Crippen molar-refractivity contribution in [1.29, 1.82) is 0 Å². The van der Waals surface area contributed by atoms with Crippen molar-refractivity contribution >= 4 is 5.78 Å². The molecule has 108 valence electrons. The molecule has 2 nitrogen and oxygen atoms in total. The molecule has 0 aromatic rings. The maximum absolute atomic E-state index is 12.5. The highest BCUT2D eigenvalue weighted by Crippen LogP contribution is 2.47. The second-order valence-corrected chi connectivity index (χ2v) is 7.69. The number of hydrogen-bond donors (Lipinski definition) is 1. The minimum absolute atomic E-state index is 0.117. The molecule has 19 heavy (non-hydrogen) atoms. The number of hydrogen-bond acceptors (Lipinski definition) is 2. The molecule has 0 heterocycles. The van der Waals surface area contributed by atoms with Crippen LogP contribution in [0.1, 0.15) is 72.6 Å². The van der Waals surface area contributed by atoms with Gasteiger partial charge in [-0.1, -0.05) is 27.2 Å². The number of carbonyl (C=O) groups is 1. The SMILES string of the molecule is CC(C(=O)C1CCC(C)(C)CC1)=C(O)C1(C)CCC1. The van der Waals surface area contributed by atoms with Crippen molar-refractivity contribution in [2.24, 2.45) is 16.7 Å². The van der Waals surface area contributed by atoms with E-state index in [0.29, 0.717) is 16.7 Å². The molecule has 2 aliphatic carbocycles. The first kappa shape index (κ1) is 14.6. The summed E-state index contributed by atoms with van der Waals surface area (Å²) in [6, 6.07) is 0. The van der Waals surface area contributed by atoms with E-state index in [1.54, 1.807) is 0 Å². The smallest absolute Gasteiger partial charge is 0.165 e. The molecular weight excluding hydrogens is 236 g/mol. The Kier molecular flexibility index (Phi) is 3.81. The fourth-order valence-corrected chi connectivity index (χ4v) is 3.48. The molecule has 0 bridgehead atoms. The van der Waals surface area contributed by atoms with Gasteiger partial charge in [-0.3, -0.25) is 4.79 Å². The van der Waals surface area contributed by atoms with Crippen molar-refractivity contribution < 1.29 is 9.90 Å². The zero-order chi connectivity index (χ0) is 14.3. The van der Waals surface area contributed by atoms with E-state index in [1.165, 1.54) is 6.42 Å². The maximum atomic E-state index is 12.5. The van der Waals surface area contributed by atoms with E-state index in [1.807, 2.05) is 6.92 Å². The molecule has 0 radical (unpaired) electrons. The number of carbonyl (C=O) groups excluding carboxylic acids is 1. The highest BCUT2D eigenvalue weighted by Gasteiger charge is 2.39. The molecule has 0 atom stereocenters. The highest BCUT2D eigenvalue weighted by atomic mass is 16.3. The third kappa shape index (κ3) is 2.88. The molecule has 0 unspecified atom stereocenters. The Bertz CT molecular complexity index is 389. The van der Waals surface area contributed by atoms with Gasteiger partial charge in [-0.15, -0.1) is 0 Å². The van der Waals surface area contributed by atoms with Crippen LogP contribution in [0.5, 0.6) is 0 Å². The normalized spacial score (nSPS) is 27.4. The lowest BCUT2D eigenvalue weighted by Crippen LogP contribution is -2.32. The van der Waals surface area contributed by atoms with Gasteiger partial charge in [0.2, 0.25) is 0 Å². The molecule has 0 aromatic carbocycles. The van der Waals surface area contributed by atoms with Gasteiger partial charge in [0.25, 0.3) is 0 Å². The average Bonchev–Trinajstić information content (AvgIpc) is 2.33. The van der Waals surface area contributed by atoms with Crippen molar-refractivity contribution in [3.8, 4) is 0 Å². The maximum Gasteiger partial charge on any atom is 0.165 e. The lowest BCUT2D eigenvalue weighted by atomic mass is 9.66. The first-order valence-corrected chi connectivity index (χ1v) is 7.70. The fourth-order valence-electron chi connectivity index (χ4n) is 3.48. The Hall–Kier alpha value is -0.790. The number of aliphatic hydroxyl groups excluding tert-OH is 1. The van der Waals surface area contributed by atoms with Gasteiger partial charge >= 0.3 is 0 Å². The van der Waals surface area contributed by atoms with Crippen molar-refractivity contribution in [3.63, 3.8) is 0 Å². The van der Waals surface area contributed by atoms with Gasteiger partial charge in [-0.25, -0.2) is 0 Å². The predicted octanol–water partition coefficient (Wildman–Crippen LogP) is 4.79. The zero-order valence-electron chi connectivity index (χ0n) is 12.9. The van der Waals surface area contributed by atoms with Crippen LogP contribution in [-0.4, -0.2) is 10.9 Å². The Morgan fingerprint density at radius 2 is 1.58 bits per heavy atom. The van der Waals surface area contributed by atoms with E-state index in [4.69, 9.17) is 0 Å². The molecule has 0 aromatic heterocycles. The largest absolute Gasteiger partial charge is 0.511 e. The third-order valence-electron chi connectivity index (χ3n) is 5.46. The van der Waals surface area contributed by atoms with Crippen LogP contribution in [0.3, 0.4) is 0 Å². The third-order valence-corrected chi connectivity index (χ3v) is 5.46. The Morgan fingerprint density at radius 1 is 1.05 bits per heavy atom. The summed E-state index contributed by atoms with van der Waals surface area (Å²) in [5, 5.41) is 10.4. The summed E-state index contributed by atoms with van der Waals surface area (Å²) in [6.45, 7) is 8.46. The molecule has 0 amide bonds. The molecule has 2 fully saturated rings. The highest BCUT2D eigenvalue weighted by molar-refractivity contribution is 5.97. The summed E-state index contributed by atoms with van der Waals surface area (Å²) in [7, 11) is 0. The standard InChI is InChI=1S/C17H28O2/c1-12(15(19)17(4)8-5-9-17)14(18)13-6-10-16(2,3)11-7-13/h13,19H,5-11H2,1-4H3. The first-order valence-electron chi connectivity index (χ1n) is 7.70. The Morgan fingerprint density at radius 3 is 2.00 bits per heavy atom. The van der Waals surface area contributed by atoms with Crippen molar-refractivity contribution in [2.75, 3.05) is 0 Å². The lowest BCUT2D eigenvalue weighted by Gasteiger charge is -2.39. The van der Waals surface area contributed by atoms with Crippen LogP contribution in [0.4, 0.5) is 0 Å². The summed E-state index contributed by atoms with van der Waals surface area (Å²) in [4.78, 5) is 12.5. The second kappa shape index (κ2) is 4.96. The van der Waals surface area contributed by atoms with E-state index in [-0.39, 0.29) is 17.1 Å². The molecular formula is C17H28O2.